The fourth-order valence-corrected chi connectivity index (χ4v) is 2.02. The molecule has 1 aromatic heterocycles. The Morgan fingerprint density at radius 2 is 2.19 bits per heavy atom. The van der Waals surface area contributed by atoms with E-state index in [4.69, 9.17) is 17.3 Å². The molecule has 0 bridgehead atoms. The Morgan fingerprint density at radius 3 is 2.75 bits per heavy atom. The third-order valence-electron chi connectivity index (χ3n) is 2.61. The van der Waals surface area contributed by atoms with Crippen LogP contribution in [0, 0.1) is 6.92 Å². The van der Waals surface area contributed by atoms with Gasteiger partial charge in [0.25, 0.3) is 0 Å². The Labute approximate surface area is 99.9 Å². The molecule has 0 fully saturated rings. The van der Waals surface area contributed by atoms with E-state index >= 15 is 0 Å². The van der Waals surface area contributed by atoms with Gasteiger partial charge in [0, 0.05) is 17.1 Å². The Bertz CT molecular complexity index is 517. The van der Waals surface area contributed by atoms with Crippen molar-refractivity contribution in [2.75, 3.05) is 5.73 Å². The summed E-state index contributed by atoms with van der Waals surface area (Å²) in [6, 6.07) is 7.58. The van der Waals surface area contributed by atoms with Gasteiger partial charge in [-0.2, -0.15) is 0 Å². The van der Waals surface area contributed by atoms with Gasteiger partial charge < -0.3 is 10.3 Å². The molecule has 2 N–H and O–H groups in total. The molecule has 1 aromatic carbocycles. The van der Waals surface area contributed by atoms with Crippen LogP contribution in [0.1, 0.15) is 12.7 Å². The number of aromatic nitrogens is 2. The summed E-state index contributed by atoms with van der Waals surface area (Å²) in [5.41, 5.74) is 7.82. The first kappa shape index (κ1) is 11.0. The lowest BCUT2D eigenvalue weighted by molar-refractivity contribution is 0.739. The maximum Gasteiger partial charge on any atom is 0.131 e. The number of halogens is 1. The number of hydrogen-bond acceptors (Lipinski definition) is 2. The second kappa shape index (κ2) is 4.18. The highest BCUT2D eigenvalue weighted by atomic mass is 35.5. The SMILES string of the molecule is CCn1c(C)nc(-c2cccc(Cl)c2)c1N. The average molecular weight is 236 g/mol. The molecular weight excluding hydrogens is 222 g/mol. The van der Waals surface area contributed by atoms with Gasteiger partial charge in [0.15, 0.2) is 0 Å². The first-order valence-corrected chi connectivity index (χ1v) is 5.59. The Balaban J connectivity index is 2.56. The van der Waals surface area contributed by atoms with Crippen LogP contribution in [0.4, 0.5) is 5.82 Å². The van der Waals surface area contributed by atoms with Crippen molar-refractivity contribution in [1.82, 2.24) is 9.55 Å². The standard InChI is InChI=1S/C12H14ClN3/c1-3-16-8(2)15-11(12(16)14)9-5-4-6-10(13)7-9/h4-7H,3,14H2,1-2H3. The van der Waals surface area contributed by atoms with Crippen molar-refractivity contribution in [3.05, 3.63) is 35.1 Å². The number of benzene rings is 1. The molecule has 84 valence electrons. The number of nitrogens with two attached hydrogens (primary N) is 1. The second-order valence-electron chi connectivity index (χ2n) is 3.65. The van der Waals surface area contributed by atoms with Gasteiger partial charge >= 0.3 is 0 Å². The topological polar surface area (TPSA) is 43.8 Å². The van der Waals surface area contributed by atoms with Crippen LogP contribution >= 0.6 is 11.6 Å². The first-order chi connectivity index (χ1) is 7.63. The third kappa shape index (κ3) is 1.78. The second-order valence-corrected chi connectivity index (χ2v) is 4.08. The zero-order valence-corrected chi connectivity index (χ0v) is 10.1. The average Bonchev–Trinajstić information content (AvgIpc) is 2.54. The molecule has 0 atom stereocenters. The van der Waals surface area contributed by atoms with Crippen molar-refractivity contribution in [1.29, 1.82) is 0 Å². The number of nitrogen functional groups attached to an aromatic ring is 1. The fraction of sp³-hybridized carbons (Fsp3) is 0.250. The first-order valence-electron chi connectivity index (χ1n) is 5.22. The van der Waals surface area contributed by atoms with Crippen molar-refractivity contribution < 1.29 is 0 Å². The lowest BCUT2D eigenvalue weighted by atomic mass is 10.1. The van der Waals surface area contributed by atoms with E-state index in [1.807, 2.05) is 42.7 Å². The summed E-state index contributed by atoms with van der Waals surface area (Å²) in [5.74, 6) is 1.62. The van der Waals surface area contributed by atoms with Crippen molar-refractivity contribution in [2.24, 2.45) is 0 Å². The molecule has 0 aliphatic carbocycles. The molecule has 0 saturated carbocycles. The van der Waals surface area contributed by atoms with Crippen LogP contribution in [-0.4, -0.2) is 9.55 Å². The number of anilines is 1. The minimum Gasteiger partial charge on any atom is -0.383 e. The summed E-state index contributed by atoms with van der Waals surface area (Å²) in [6.45, 7) is 4.83. The minimum atomic E-state index is 0.695. The molecule has 2 aromatic rings. The van der Waals surface area contributed by atoms with Crippen LogP contribution in [0.2, 0.25) is 5.02 Å². The summed E-state index contributed by atoms with van der Waals surface area (Å²) in [6.07, 6.45) is 0. The van der Waals surface area contributed by atoms with Crippen molar-refractivity contribution in [2.45, 2.75) is 20.4 Å². The highest BCUT2D eigenvalue weighted by Gasteiger charge is 2.12. The Kier molecular flexibility index (Phi) is 2.88. The van der Waals surface area contributed by atoms with Crippen molar-refractivity contribution in [3.63, 3.8) is 0 Å². The summed E-state index contributed by atoms with van der Waals surface area (Å²) < 4.78 is 1.98. The summed E-state index contributed by atoms with van der Waals surface area (Å²) in [4.78, 5) is 4.47. The van der Waals surface area contributed by atoms with Crippen LogP contribution in [-0.2, 0) is 6.54 Å². The van der Waals surface area contributed by atoms with Gasteiger partial charge in [0.1, 0.15) is 17.3 Å². The van der Waals surface area contributed by atoms with Gasteiger partial charge in [-0.15, -0.1) is 0 Å². The van der Waals surface area contributed by atoms with Gasteiger partial charge in [-0.1, -0.05) is 23.7 Å². The molecule has 0 aliphatic heterocycles. The fourth-order valence-electron chi connectivity index (χ4n) is 1.83. The molecule has 2 rings (SSSR count). The molecular formula is C12H14ClN3. The molecule has 0 spiro atoms. The van der Waals surface area contributed by atoms with E-state index in [0.29, 0.717) is 10.8 Å². The van der Waals surface area contributed by atoms with Crippen molar-refractivity contribution >= 4 is 17.4 Å². The van der Waals surface area contributed by atoms with Gasteiger partial charge in [-0.3, -0.25) is 0 Å². The van der Waals surface area contributed by atoms with Crippen LogP contribution in [0.15, 0.2) is 24.3 Å². The predicted octanol–water partition coefficient (Wildman–Crippen LogP) is 3.11. The van der Waals surface area contributed by atoms with Crippen LogP contribution < -0.4 is 5.73 Å². The van der Waals surface area contributed by atoms with Gasteiger partial charge in [-0.05, 0) is 26.0 Å². The van der Waals surface area contributed by atoms with E-state index < -0.39 is 0 Å². The number of nitrogens with zero attached hydrogens (tertiary/aromatic N) is 2. The third-order valence-corrected chi connectivity index (χ3v) is 2.85. The Hall–Kier alpha value is -1.48. The van der Waals surface area contributed by atoms with E-state index in [1.54, 1.807) is 0 Å². The lowest BCUT2D eigenvalue weighted by Gasteiger charge is -2.03. The summed E-state index contributed by atoms with van der Waals surface area (Å²) >= 11 is 5.95. The van der Waals surface area contributed by atoms with Crippen LogP contribution in [0.25, 0.3) is 11.3 Å². The number of aryl methyl sites for hydroxylation is 1. The molecule has 3 nitrogen and oxygen atoms in total. The summed E-state index contributed by atoms with van der Waals surface area (Å²) in [7, 11) is 0. The van der Waals surface area contributed by atoms with E-state index in [9.17, 15) is 0 Å². The quantitative estimate of drug-likeness (QED) is 0.869. The zero-order chi connectivity index (χ0) is 11.7. The predicted molar refractivity (Wildman–Crippen MR) is 67.5 cm³/mol. The number of hydrogen-bond donors (Lipinski definition) is 1. The number of rotatable bonds is 2. The highest BCUT2D eigenvalue weighted by Crippen LogP contribution is 2.27. The van der Waals surface area contributed by atoms with Gasteiger partial charge in [0.2, 0.25) is 0 Å². The monoisotopic (exact) mass is 235 g/mol. The van der Waals surface area contributed by atoms with Crippen molar-refractivity contribution in [3.8, 4) is 11.3 Å². The zero-order valence-electron chi connectivity index (χ0n) is 9.37. The number of imidazole rings is 1. The van der Waals surface area contributed by atoms with Crippen LogP contribution in [0.3, 0.4) is 0 Å². The molecule has 0 radical (unpaired) electrons. The molecule has 0 saturated heterocycles. The maximum atomic E-state index is 6.05. The maximum absolute atomic E-state index is 6.05. The van der Waals surface area contributed by atoms with E-state index in [0.717, 1.165) is 23.6 Å². The highest BCUT2D eigenvalue weighted by molar-refractivity contribution is 6.30. The van der Waals surface area contributed by atoms with Gasteiger partial charge in [0.05, 0.1) is 0 Å². The molecule has 0 unspecified atom stereocenters. The molecule has 16 heavy (non-hydrogen) atoms. The van der Waals surface area contributed by atoms with Crippen LogP contribution in [0.5, 0.6) is 0 Å². The molecule has 0 amide bonds. The minimum absolute atomic E-state index is 0.695. The van der Waals surface area contributed by atoms with E-state index in [2.05, 4.69) is 4.98 Å². The van der Waals surface area contributed by atoms with E-state index in [1.165, 1.54) is 0 Å². The molecule has 4 heteroatoms. The molecule has 0 aliphatic rings. The Morgan fingerprint density at radius 1 is 1.44 bits per heavy atom. The summed E-state index contributed by atoms with van der Waals surface area (Å²) in [5, 5.41) is 0.695. The van der Waals surface area contributed by atoms with Gasteiger partial charge in [-0.25, -0.2) is 4.98 Å². The smallest absolute Gasteiger partial charge is 0.131 e. The largest absolute Gasteiger partial charge is 0.383 e. The lowest BCUT2D eigenvalue weighted by Crippen LogP contribution is -2.02. The normalized spacial score (nSPS) is 10.7. The molecule has 1 heterocycles. The van der Waals surface area contributed by atoms with E-state index in [-0.39, 0.29) is 0 Å².